The fourth-order valence-corrected chi connectivity index (χ4v) is 6.79. The Morgan fingerprint density at radius 1 is 0.865 bits per heavy atom. The van der Waals surface area contributed by atoms with E-state index in [9.17, 15) is 14.7 Å². The molecule has 0 amide bonds. The molecule has 0 heterocycles. The number of rotatable bonds is 12. The molecule has 3 unspecified atom stereocenters. The van der Waals surface area contributed by atoms with Crippen molar-refractivity contribution in [1.29, 1.82) is 0 Å². The molecule has 6 nitrogen and oxygen atoms in total. The first-order valence-corrected chi connectivity index (χ1v) is 16.0. The monoisotopic (exact) mass is 669 g/mol. The molecule has 0 aliphatic rings. The average molecular weight is 670 g/mol. The Labute approximate surface area is 242 Å². The van der Waals surface area contributed by atoms with E-state index in [1.807, 2.05) is 36.4 Å². The number of nitrogens with one attached hydrogen (secondary N) is 1. The molecular weight excluding hydrogens is 639 g/mol. The van der Waals surface area contributed by atoms with E-state index < -0.39 is 37.6 Å². The summed E-state index contributed by atoms with van der Waals surface area (Å²) in [6, 6.07) is 23.6. The maximum absolute atomic E-state index is 11.7. The standard InChI is InChI=1S/C27H30As2ClNO5.ClH/c1-35-26(33)28-21-10-6-18(7-11-21)24(19-8-12-22(13-9-19)29-27(34)36-2)14-15-31-17-25(32)20-4-3-5-23(30)16-20;/h3-13,16,24-25,28-29,31-32H,14-15,17H2,1-2H3;1H. The van der Waals surface area contributed by atoms with E-state index in [1.165, 1.54) is 14.2 Å². The zero-order valence-corrected chi connectivity index (χ0v) is 26.3. The van der Waals surface area contributed by atoms with Crippen LogP contribution in [0.5, 0.6) is 0 Å². The molecule has 3 rings (SSSR count). The van der Waals surface area contributed by atoms with Crippen LogP contribution in [0.2, 0.25) is 5.02 Å². The predicted molar refractivity (Wildman–Crippen MR) is 154 cm³/mol. The molecule has 0 aliphatic carbocycles. The van der Waals surface area contributed by atoms with Crippen LogP contribution >= 0.6 is 24.0 Å². The second kappa shape index (κ2) is 16.2. The zero-order valence-electron chi connectivity index (χ0n) is 20.6. The van der Waals surface area contributed by atoms with E-state index in [2.05, 4.69) is 29.6 Å². The van der Waals surface area contributed by atoms with E-state index in [4.69, 9.17) is 21.1 Å². The molecule has 0 spiro atoms. The van der Waals surface area contributed by atoms with E-state index in [0.29, 0.717) is 18.1 Å². The van der Waals surface area contributed by atoms with Crippen molar-refractivity contribution >= 4 is 73.7 Å². The van der Waals surface area contributed by atoms with Crippen LogP contribution in [0.25, 0.3) is 0 Å². The van der Waals surface area contributed by atoms with Gasteiger partial charge in [0, 0.05) is 5.02 Å². The number of carbonyl (C=O) groups excluding carboxylic acids is 2. The summed E-state index contributed by atoms with van der Waals surface area (Å²) < 4.78 is 11.4. The molecule has 3 aromatic rings. The van der Waals surface area contributed by atoms with E-state index in [0.717, 1.165) is 31.8 Å². The maximum Gasteiger partial charge on any atom is -0.147 e. The smallest absolute Gasteiger partial charge is 0.147 e. The topological polar surface area (TPSA) is 84.9 Å². The summed E-state index contributed by atoms with van der Waals surface area (Å²) in [7, 11) is 2.83. The number of aliphatic hydroxyl groups excluding tert-OH is 1. The first-order valence-electron chi connectivity index (χ1n) is 11.4. The third kappa shape index (κ3) is 10.1. The number of benzene rings is 3. The third-order valence-corrected chi connectivity index (χ3v) is 10.2. The number of carbonyl (C=O) groups is 2. The Morgan fingerprint density at radius 2 is 1.38 bits per heavy atom. The summed E-state index contributed by atoms with van der Waals surface area (Å²) in [5.41, 5.74) is 3.06. The van der Waals surface area contributed by atoms with Gasteiger partial charge in [-0.05, 0) is 6.07 Å². The minimum absolute atomic E-state index is 0. The van der Waals surface area contributed by atoms with Gasteiger partial charge in [-0.3, -0.25) is 0 Å². The zero-order chi connectivity index (χ0) is 25.9. The minimum atomic E-state index is -0.982. The SMILES string of the molecule is COC(=O)[AsH]c1ccc(C(CCNCC(O)c2cccc(Cl)c2)c2ccc([AsH]C(=O)OC)cc2)cc1.Cl. The Bertz CT molecular complexity index is 1080. The van der Waals surface area contributed by atoms with Gasteiger partial charge in [-0.15, -0.1) is 12.4 Å². The van der Waals surface area contributed by atoms with Gasteiger partial charge in [0.2, 0.25) is 0 Å². The van der Waals surface area contributed by atoms with Gasteiger partial charge in [0.05, 0.1) is 0 Å². The van der Waals surface area contributed by atoms with Gasteiger partial charge in [0.25, 0.3) is 0 Å². The number of halogens is 2. The Balaban J connectivity index is 0.00000481. The molecular formula is C27H31As2Cl2NO5. The summed E-state index contributed by atoms with van der Waals surface area (Å²) in [6.07, 6.45) is 0.160. The molecule has 10 heteroatoms. The van der Waals surface area contributed by atoms with Crippen molar-refractivity contribution in [3.8, 4) is 0 Å². The van der Waals surface area contributed by atoms with Crippen LogP contribution in [0, 0.1) is 0 Å². The Morgan fingerprint density at radius 3 is 1.84 bits per heavy atom. The summed E-state index contributed by atoms with van der Waals surface area (Å²) in [5, 5.41) is 14.5. The number of ether oxygens (including phenoxy) is 2. The van der Waals surface area contributed by atoms with Crippen LogP contribution in [0.3, 0.4) is 0 Å². The van der Waals surface area contributed by atoms with Crippen LogP contribution < -0.4 is 14.0 Å². The van der Waals surface area contributed by atoms with Gasteiger partial charge in [-0.2, -0.15) is 0 Å². The van der Waals surface area contributed by atoms with Gasteiger partial charge in [0.1, 0.15) is 0 Å². The number of methoxy groups -OCH3 is 2. The quantitative estimate of drug-likeness (QED) is 0.228. The van der Waals surface area contributed by atoms with Crippen molar-refractivity contribution in [3.63, 3.8) is 0 Å². The maximum atomic E-state index is 11.7. The van der Waals surface area contributed by atoms with Crippen molar-refractivity contribution in [2.75, 3.05) is 27.3 Å². The van der Waals surface area contributed by atoms with E-state index in [-0.39, 0.29) is 27.8 Å². The van der Waals surface area contributed by atoms with E-state index >= 15 is 0 Å². The van der Waals surface area contributed by atoms with Crippen molar-refractivity contribution in [2.24, 2.45) is 0 Å². The van der Waals surface area contributed by atoms with Gasteiger partial charge in [-0.25, -0.2) is 0 Å². The van der Waals surface area contributed by atoms with Crippen molar-refractivity contribution < 1.29 is 24.2 Å². The van der Waals surface area contributed by atoms with Gasteiger partial charge in [-0.1, -0.05) is 17.7 Å². The van der Waals surface area contributed by atoms with Crippen LogP contribution in [-0.4, -0.2) is 73.4 Å². The largest absolute Gasteiger partial charge is 0.147 e. The van der Waals surface area contributed by atoms with Gasteiger partial charge in [0.15, 0.2) is 0 Å². The number of hydrogen-bond acceptors (Lipinski definition) is 6. The molecule has 3 atom stereocenters. The van der Waals surface area contributed by atoms with Crippen molar-refractivity contribution in [2.45, 2.75) is 18.4 Å². The summed E-state index contributed by atoms with van der Waals surface area (Å²) in [5.74, 6) is 0.111. The Hall–Kier alpha value is -1.78. The molecule has 0 fully saturated rings. The summed E-state index contributed by atoms with van der Waals surface area (Å²) in [4.78, 5) is 23.3. The van der Waals surface area contributed by atoms with E-state index in [1.54, 1.807) is 12.1 Å². The van der Waals surface area contributed by atoms with Crippen LogP contribution in [0.1, 0.15) is 35.1 Å². The first-order chi connectivity index (χ1) is 17.4. The second-order valence-electron chi connectivity index (χ2n) is 8.09. The predicted octanol–water partition coefficient (Wildman–Crippen LogP) is 3.26. The van der Waals surface area contributed by atoms with Crippen molar-refractivity contribution in [1.82, 2.24) is 5.32 Å². The fourth-order valence-electron chi connectivity index (χ4n) is 3.78. The molecule has 0 radical (unpaired) electrons. The fraction of sp³-hybridized carbons (Fsp3) is 0.259. The Kier molecular flexibility index (Phi) is 13.8. The third-order valence-electron chi connectivity index (χ3n) is 5.67. The molecule has 3 aromatic carbocycles. The molecule has 0 saturated carbocycles. The molecule has 198 valence electrons. The van der Waals surface area contributed by atoms with Gasteiger partial charge < -0.3 is 0 Å². The average Bonchev–Trinajstić information content (AvgIpc) is 2.89. The van der Waals surface area contributed by atoms with Crippen LogP contribution in [-0.2, 0) is 9.47 Å². The second-order valence-corrected chi connectivity index (χ2v) is 13.7. The number of hydrogen-bond donors (Lipinski definition) is 2. The molecule has 2 N–H and O–H groups in total. The number of aliphatic hydroxyl groups is 1. The normalized spacial score (nSPS) is 12.9. The molecule has 0 aromatic heterocycles. The first kappa shape index (κ1) is 31.4. The summed E-state index contributed by atoms with van der Waals surface area (Å²) in [6.45, 7) is 1.11. The van der Waals surface area contributed by atoms with Crippen LogP contribution in [0.15, 0.2) is 72.8 Å². The van der Waals surface area contributed by atoms with Gasteiger partial charge >= 0.3 is 202 Å². The minimum Gasteiger partial charge on any atom is -0.147 e. The summed E-state index contributed by atoms with van der Waals surface area (Å²) >= 11 is 4.08. The van der Waals surface area contributed by atoms with Crippen LogP contribution in [0.4, 0.5) is 9.59 Å². The molecule has 0 saturated heterocycles. The molecule has 0 aliphatic heterocycles. The van der Waals surface area contributed by atoms with Crippen molar-refractivity contribution in [3.05, 3.63) is 94.5 Å². The molecule has 37 heavy (non-hydrogen) atoms. The molecule has 0 bridgehead atoms.